The fourth-order valence-electron chi connectivity index (χ4n) is 3.39. The zero-order chi connectivity index (χ0) is 20.4. The number of para-hydroxylation sites is 1. The lowest BCUT2D eigenvalue weighted by molar-refractivity contribution is 0.102. The molecule has 28 heavy (non-hydrogen) atoms. The highest BCUT2D eigenvalue weighted by molar-refractivity contribution is 6.05. The number of rotatable bonds is 5. The molecule has 0 atom stereocenters. The van der Waals surface area contributed by atoms with Gasteiger partial charge in [0.15, 0.2) is 5.82 Å². The van der Waals surface area contributed by atoms with E-state index in [9.17, 15) is 4.79 Å². The summed E-state index contributed by atoms with van der Waals surface area (Å²) >= 11 is 0. The van der Waals surface area contributed by atoms with E-state index in [0.29, 0.717) is 23.2 Å². The van der Waals surface area contributed by atoms with Gasteiger partial charge >= 0.3 is 0 Å². The SMILES string of the molecule is Cc1cc(C)n(-c2ccc(C(=O)Nc3c(C(C)C)cccc3C(C)C)cn2)n1. The molecule has 0 aliphatic heterocycles. The van der Waals surface area contributed by atoms with E-state index in [1.54, 1.807) is 16.9 Å². The van der Waals surface area contributed by atoms with Crippen LogP contribution in [0.15, 0.2) is 42.6 Å². The maximum absolute atomic E-state index is 12.9. The van der Waals surface area contributed by atoms with Gasteiger partial charge in [-0.2, -0.15) is 5.10 Å². The van der Waals surface area contributed by atoms with E-state index in [4.69, 9.17) is 0 Å². The van der Waals surface area contributed by atoms with E-state index in [1.807, 2.05) is 26.0 Å². The van der Waals surface area contributed by atoms with Crippen LogP contribution in [0.25, 0.3) is 5.82 Å². The van der Waals surface area contributed by atoms with Gasteiger partial charge in [-0.25, -0.2) is 9.67 Å². The van der Waals surface area contributed by atoms with Crippen LogP contribution in [0.5, 0.6) is 0 Å². The highest BCUT2D eigenvalue weighted by atomic mass is 16.1. The van der Waals surface area contributed by atoms with Crippen LogP contribution in [0.4, 0.5) is 5.69 Å². The van der Waals surface area contributed by atoms with Crippen LogP contribution in [-0.4, -0.2) is 20.7 Å². The number of aryl methyl sites for hydroxylation is 2. The lowest BCUT2D eigenvalue weighted by Gasteiger charge is -2.20. The van der Waals surface area contributed by atoms with E-state index < -0.39 is 0 Å². The molecule has 1 N–H and O–H groups in total. The quantitative estimate of drug-likeness (QED) is 0.650. The molecule has 0 aliphatic carbocycles. The highest BCUT2D eigenvalue weighted by Crippen LogP contribution is 2.32. The molecule has 1 amide bonds. The summed E-state index contributed by atoms with van der Waals surface area (Å²) < 4.78 is 1.78. The number of amides is 1. The Balaban J connectivity index is 1.89. The summed E-state index contributed by atoms with van der Waals surface area (Å²) in [5, 5.41) is 7.57. The summed E-state index contributed by atoms with van der Waals surface area (Å²) in [5.41, 5.74) is 5.68. The number of carbonyl (C=O) groups excluding carboxylic acids is 1. The summed E-state index contributed by atoms with van der Waals surface area (Å²) in [6.07, 6.45) is 1.61. The van der Waals surface area contributed by atoms with Gasteiger partial charge in [0.1, 0.15) is 0 Å². The van der Waals surface area contributed by atoms with Crippen LogP contribution in [0, 0.1) is 13.8 Å². The number of hydrogen-bond acceptors (Lipinski definition) is 3. The zero-order valence-electron chi connectivity index (χ0n) is 17.4. The Bertz CT molecular complexity index is 958. The first kappa shape index (κ1) is 19.8. The lowest BCUT2D eigenvalue weighted by Crippen LogP contribution is -2.16. The molecule has 2 heterocycles. The minimum Gasteiger partial charge on any atom is -0.321 e. The van der Waals surface area contributed by atoms with Crippen molar-refractivity contribution < 1.29 is 4.79 Å². The smallest absolute Gasteiger partial charge is 0.257 e. The van der Waals surface area contributed by atoms with E-state index in [0.717, 1.165) is 28.2 Å². The molecular weight excluding hydrogens is 348 g/mol. The van der Waals surface area contributed by atoms with Gasteiger partial charge in [-0.15, -0.1) is 0 Å². The maximum Gasteiger partial charge on any atom is 0.257 e. The van der Waals surface area contributed by atoms with Crippen molar-refractivity contribution in [2.75, 3.05) is 5.32 Å². The van der Waals surface area contributed by atoms with Crippen LogP contribution >= 0.6 is 0 Å². The number of pyridine rings is 1. The first-order chi connectivity index (χ1) is 13.3. The van der Waals surface area contributed by atoms with Gasteiger partial charge < -0.3 is 5.32 Å². The fourth-order valence-corrected chi connectivity index (χ4v) is 3.39. The summed E-state index contributed by atoms with van der Waals surface area (Å²) in [7, 11) is 0. The largest absolute Gasteiger partial charge is 0.321 e. The second-order valence-corrected chi connectivity index (χ2v) is 7.82. The van der Waals surface area contributed by atoms with Crippen LogP contribution in [-0.2, 0) is 0 Å². The van der Waals surface area contributed by atoms with Gasteiger partial charge in [0.05, 0.1) is 11.3 Å². The first-order valence-electron chi connectivity index (χ1n) is 9.71. The second-order valence-electron chi connectivity index (χ2n) is 7.82. The molecule has 0 spiro atoms. The van der Waals surface area contributed by atoms with E-state index >= 15 is 0 Å². The van der Waals surface area contributed by atoms with Crippen molar-refractivity contribution in [3.8, 4) is 5.82 Å². The van der Waals surface area contributed by atoms with Gasteiger partial charge in [0.25, 0.3) is 5.91 Å². The number of benzene rings is 1. The number of aromatic nitrogens is 3. The Kier molecular flexibility index (Phi) is 5.63. The number of carbonyl (C=O) groups is 1. The van der Waals surface area contributed by atoms with Gasteiger partial charge in [-0.3, -0.25) is 4.79 Å². The molecule has 146 valence electrons. The van der Waals surface area contributed by atoms with Crippen molar-refractivity contribution >= 4 is 11.6 Å². The average Bonchev–Trinajstić information content (AvgIpc) is 2.99. The molecule has 0 saturated heterocycles. The fraction of sp³-hybridized carbons (Fsp3) is 0.348. The Morgan fingerprint density at radius 3 is 2.11 bits per heavy atom. The topological polar surface area (TPSA) is 59.8 Å². The molecule has 0 bridgehead atoms. The van der Waals surface area contributed by atoms with Gasteiger partial charge in [-0.05, 0) is 55.0 Å². The lowest BCUT2D eigenvalue weighted by atomic mass is 9.92. The predicted molar refractivity (Wildman–Crippen MR) is 113 cm³/mol. The standard InChI is InChI=1S/C23H28N4O/c1-14(2)19-8-7-9-20(15(3)4)22(19)25-23(28)18-10-11-21(24-13-18)27-17(6)12-16(5)26-27/h7-15H,1-6H3,(H,25,28). The van der Waals surface area contributed by atoms with Crippen molar-refractivity contribution in [2.24, 2.45) is 0 Å². The minimum absolute atomic E-state index is 0.151. The number of hydrogen-bond donors (Lipinski definition) is 1. The predicted octanol–water partition coefficient (Wildman–Crippen LogP) is 5.38. The summed E-state index contributed by atoms with van der Waals surface area (Å²) in [6, 6.07) is 11.8. The van der Waals surface area contributed by atoms with Crippen molar-refractivity contribution in [3.63, 3.8) is 0 Å². The second kappa shape index (κ2) is 7.97. The molecule has 1 aromatic carbocycles. The molecule has 5 nitrogen and oxygen atoms in total. The molecule has 0 radical (unpaired) electrons. The van der Waals surface area contributed by atoms with Crippen LogP contribution in [0.1, 0.15) is 72.4 Å². The maximum atomic E-state index is 12.9. The monoisotopic (exact) mass is 376 g/mol. The third kappa shape index (κ3) is 3.98. The first-order valence-corrected chi connectivity index (χ1v) is 9.71. The Morgan fingerprint density at radius 1 is 1.00 bits per heavy atom. The summed E-state index contributed by atoms with van der Waals surface area (Å²) in [6.45, 7) is 12.5. The molecule has 0 aliphatic rings. The molecule has 5 heteroatoms. The normalized spacial score (nSPS) is 11.3. The van der Waals surface area contributed by atoms with E-state index in [1.165, 1.54) is 0 Å². The van der Waals surface area contributed by atoms with Gasteiger partial charge in [0.2, 0.25) is 0 Å². The molecule has 0 unspecified atom stereocenters. The van der Waals surface area contributed by atoms with Crippen molar-refractivity contribution in [1.29, 1.82) is 0 Å². The van der Waals surface area contributed by atoms with Gasteiger partial charge in [0, 0.05) is 17.6 Å². The Labute approximate surface area is 166 Å². The van der Waals surface area contributed by atoms with E-state index in [2.05, 4.69) is 61.3 Å². The third-order valence-corrected chi connectivity index (χ3v) is 4.85. The van der Waals surface area contributed by atoms with Gasteiger partial charge in [-0.1, -0.05) is 45.9 Å². The van der Waals surface area contributed by atoms with Crippen LogP contribution < -0.4 is 5.32 Å². The third-order valence-electron chi connectivity index (χ3n) is 4.85. The summed E-state index contributed by atoms with van der Waals surface area (Å²) in [5.74, 6) is 1.19. The number of nitrogens with zero attached hydrogens (tertiary/aromatic N) is 3. The minimum atomic E-state index is -0.151. The molecule has 3 rings (SSSR count). The molecular formula is C23H28N4O. The van der Waals surface area contributed by atoms with Crippen molar-refractivity contribution in [2.45, 2.75) is 53.4 Å². The molecule has 3 aromatic rings. The van der Waals surface area contributed by atoms with Crippen molar-refractivity contribution in [3.05, 3.63) is 70.7 Å². The Hall–Kier alpha value is -2.95. The highest BCUT2D eigenvalue weighted by Gasteiger charge is 2.17. The number of anilines is 1. The van der Waals surface area contributed by atoms with E-state index in [-0.39, 0.29) is 5.91 Å². The molecule has 0 saturated carbocycles. The number of nitrogens with one attached hydrogen (secondary N) is 1. The molecule has 0 fully saturated rings. The summed E-state index contributed by atoms with van der Waals surface area (Å²) in [4.78, 5) is 17.3. The van der Waals surface area contributed by atoms with Crippen molar-refractivity contribution in [1.82, 2.24) is 14.8 Å². The van der Waals surface area contributed by atoms with Crippen LogP contribution in [0.3, 0.4) is 0 Å². The average molecular weight is 377 g/mol. The van der Waals surface area contributed by atoms with Crippen LogP contribution in [0.2, 0.25) is 0 Å². The zero-order valence-corrected chi connectivity index (χ0v) is 17.4. The molecule has 2 aromatic heterocycles. The Morgan fingerprint density at radius 2 is 1.64 bits per heavy atom.